The van der Waals surface area contributed by atoms with Gasteiger partial charge in [-0.05, 0) is 98.5 Å². The van der Waals surface area contributed by atoms with Gasteiger partial charge in [-0.3, -0.25) is 9.59 Å². The van der Waals surface area contributed by atoms with E-state index in [0.717, 1.165) is 6.08 Å². The summed E-state index contributed by atoms with van der Waals surface area (Å²) in [7, 11) is 0. The predicted octanol–water partition coefficient (Wildman–Crippen LogP) is 8.47. The van der Waals surface area contributed by atoms with Gasteiger partial charge >= 0.3 is 5.97 Å². The van der Waals surface area contributed by atoms with Crippen molar-refractivity contribution >= 4 is 137 Å². The number of nitrogens with one attached hydrogen (secondary N) is 1. The average Bonchev–Trinajstić information content (AvgIpc) is 2.93. The number of ether oxygens (including phenoxy) is 1. The van der Waals surface area contributed by atoms with Gasteiger partial charge in [0.2, 0.25) is 11.3 Å². The van der Waals surface area contributed by atoms with Crippen molar-refractivity contribution in [3.8, 4) is 28.2 Å². The highest BCUT2D eigenvalue weighted by molar-refractivity contribution is 14.1. The molecule has 0 radical (unpaired) electrons. The first kappa shape index (κ1) is 31.9. The fraction of sp³-hybridized carbons (Fsp3) is 0.115. The number of fused-ring (bicyclic) bond motifs is 2. The number of aryl methyl sites for hydroxylation is 1. The molecule has 0 atom stereocenters. The lowest BCUT2D eigenvalue weighted by Crippen LogP contribution is -2.26. The Bertz CT molecular complexity index is 1790. The quantitative estimate of drug-likeness (QED) is 0.0383. The zero-order valence-corrected chi connectivity index (χ0v) is 29.5. The van der Waals surface area contributed by atoms with Gasteiger partial charge in [0.05, 0.1) is 39.3 Å². The number of benzene rings is 3. The number of hydrogen-bond donors (Lipinski definition) is 2. The van der Waals surface area contributed by atoms with E-state index >= 15 is 0 Å². The minimum absolute atomic E-state index is 0.00795. The fourth-order valence-corrected chi connectivity index (χ4v) is 7.58. The highest BCUT2D eigenvalue weighted by Crippen LogP contribution is 2.52. The molecule has 0 unspecified atom stereocenters. The van der Waals surface area contributed by atoms with E-state index in [-0.39, 0.29) is 70.5 Å². The second kappa shape index (κ2) is 12.7. The van der Waals surface area contributed by atoms with E-state index in [4.69, 9.17) is 55.6 Å². The lowest BCUT2D eigenvalue weighted by atomic mass is 9.90. The lowest BCUT2D eigenvalue weighted by Gasteiger charge is -2.22. The van der Waals surface area contributed by atoms with Crippen molar-refractivity contribution in [3.05, 3.63) is 76.9 Å². The van der Waals surface area contributed by atoms with Crippen LogP contribution in [-0.2, 0) is 9.53 Å². The standard InChI is InChI=1S/C26H14Cl4I3NO6/c1-3-12(35)34-4-5-39-26(38)15-14(16(27)18(29)19(30)17(15)28)13-9-6-8(2)22(36)20(32)24(9)40-25-10(13)7-11(31)23(37)21(25)33/h3,6-7,36H,1,4-5H2,2H3,(H,34,35). The van der Waals surface area contributed by atoms with E-state index < -0.39 is 11.9 Å². The zero-order valence-electron chi connectivity index (χ0n) is 20.0. The fourth-order valence-electron chi connectivity index (χ4n) is 3.94. The zero-order chi connectivity index (χ0) is 29.6. The molecule has 1 aliphatic carbocycles. The molecular formula is C26H14Cl4I3NO6. The summed E-state index contributed by atoms with van der Waals surface area (Å²) in [6, 6.07) is 3.28. The maximum atomic E-state index is 13.5. The normalized spacial score (nSPS) is 11.2. The van der Waals surface area contributed by atoms with Crippen molar-refractivity contribution in [1.29, 1.82) is 0 Å². The van der Waals surface area contributed by atoms with Gasteiger partial charge in [0, 0.05) is 22.1 Å². The van der Waals surface area contributed by atoms with Gasteiger partial charge in [-0.2, -0.15) is 0 Å². The Morgan fingerprint density at radius 2 is 1.70 bits per heavy atom. The molecule has 0 bridgehead atoms. The van der Waals surface area contributed by atoms with Crippen LogP contribution in [0, 0.1) is 17.6 Å². The van der Waals surface area contributed by atoms with Crippen molar-refractivity contribution in [1.82, 2.24) is 5.32 Å². The molecule has 0 saturated carbocycles. The smallest absolute Gasteiger partial charge is 0.340 e. The largest absolute Gasteiger partial charge is 0.506 e. The van der Waals surface area contributed by atoms with Crippen molar-refractivity contribution in [2.75, 3.05) is 13.2 Å². The monoisotopic (exact) mass is 957 g/mol. The molecule has 0 spiro atoms. The van der Waals surface area contributed by atoms with Crippen LogP contribution in [0.25, 0.3) is 33.4 Å². The van der Waals surface area contributed by atoms with Crippen LogP contribution in [0.5, 0.6) is 5.75 Å². The summed E-state index contributed by atoms with van der Waals surface area (Å²) in [5.41, 5.74) is 1.22. The Kier molecular flexibility index (Phi) is 10.1. The molecule has 2 aliphatic rings. The Morgan fingerprint density at radius 1 is 1.05 bits per heavy atom. The number of amides is 1. The molecule has 7 nitrogen and oxygen atoms in total. The van der Waals surface area contributed by atoms with E-state index in [2.05, 4.69) is 11.9 Å². The lowest BCUT2D eigenvalue weighted by molar-refractivity contribution is -0.116. The van der Waals surface area contributed by atoms with E-state index in [1.54, 1.807) is 19.1 Å². The highest BCUT2D eigenvalue weighted by Gasteiger charge is 2.33. The Morgan fingerprint density at radius 3 is 2.35 bits per heavy atom. The van der Waals surface area contributed by atoms with Gasteiger partial charge in [-0.1, -0.05) is 53.0 Å². The number of rotatable bonds is 6. The van der Waals surface area contributed by atoms with Crippen molar-refractivity contribution in [3.63, 3.8) is 0 Å². The van der Waals surface area contributed by atoms with Crippen LogP contribution in [0.2, 0.25) is 20.1 Å². The summed E-state index contributed by atoms with van der Waals surface area (Å²) < 4.78 is 12.7. The average molecular weight is 959 g/mol. The topological polar surface area (TPSA) is 106 Å². The number of aromatic hydroxyl groups is 1. The van der Waals surface area contributed by atoms with E-state index in [1.807, 2.05) is 67.8 Å². The molecule has 2 aromatic carbocycles. The third-order valence-corrected chi connectivity index (χ3v) is 10.4. The third kappa shape index (κ3) is 5.65. The first-order chi connectivity index (χ1) is 18.8. The number of carbonyl (C=O) groups excluding carboxylic acids is 2. The van der Waals surface area contributed by atoms with E-state index in [1.165, 1.54) is 0 Å². The van der Waals surface area contributed by atoms with Crippen LogP contribution in [0.4, 0.5) is 0 Å². The van der Waals surface area contributed by atoms with Crippen LogP contribution in [0.1, 0.15) is 15.9 Å². The van der Waals surface area contributed by atoms with E-state index in [9.17, 15) is 19.5 Å². The molecular weight excluding hydrogens is 945 g/mol. The number of hydrogen-bond acceptors (Lipinski definition) is 6. The molecule has 1 heterocycles. The molecule has 2 aromatic rings. The van der Waals surface area contributed by atoms with Crippen LogP contribution < -0.4 is 10.7 Å². The van der Waals surface area contributed by atoms with Crippen molar-refractivity contribution in [2.24, 2.45) is 0 Å². The summed E-state index contributed by atoms with van der Waals surface area (Å²) in [6.07, 6.45) is 1.09. The van der Waals surface area contributed by atoms with Gasteiger partial charge in [0.1, 0.15) is 15.9 Å². The molecule has 1 amide bonds. The van der Waals surface area contributed by atoms with Crippen LogP contribution >= 0.6 is 114 Å². The summed E-state index contributed by atoms with van der Waals surface area (Å²) in [5, 5.41) is 13.1. The first-order valence-electron chi connectivity index (χ1n) is 11.0. The number of halogens is 7. The number of phenols is 1. The molecule has 0 fully saturated rings. The Labute approximate surface area is 288 Å². The third-order valence-electron chi connectivity index (χ3n) is 5.80. The van der Waals surface area contributed by atoms with Crippen LogP contribution in [-0.4, -0.2) is 30.1 Å². The van der Waals surface area contributed by atoms with E-state index in [0.29, 0.717) is 29.2 Å². The predicted molar refractivity (Wildman–Crippen MR) is 183 cm³/mol. The summed E-state index contributed by atoms with van der Waals surface area (Å²) in [6.45, 7) is 4.88. The minimum atomic E-state index is -0.884. The number of carbonyl (C=O) groups is 2. The van der Waals surface area contributed by atoms with Gasteiger partial charge in [-0.25, -0.2) is 4.79 Å². The summed E-state index contributed by atoms with van der Waals surface area (Å²) >= 11 is 32.0. The molecule has 0 aromatic heterocycles. The maximum absolute atomic E-state index is 13.5. The summed E-state index contributed by atoms with van der Waals surface area (Å²) in [5.74, 6) is -1.12. The molecule has 1 aliphatic heterocycles. The molecule has 4 rings (SSSR count). The molecule has 14 heteroatoms. The Hall–Kier alpha value is -1.04. The minimum Gasteiger partial charge on any atom is -0.506 e. The van der Waals surface area contributed by atoms with Gasteiger partial charge in [-0.15, -0.1) is 0 Å². The molecule has 40 heavy (non-hydrogen) atoms. The van der Waals surface area contributed by atoms with Gasteiger partial charge < -0.3 is 19.6 Å². The molecule has 208 valence electrons. The van der Waals surface area contributed by atoms with Gasteiger partial charge in [0.15, 0.2) is 11.3 Å². The first-order valence-corrected chi connectivity index (χ1v) is 15.8. The summed E-state index contributed by atoms with van der Waals surface area (Å²) in [4.78, 5) is 37.8. The van der Waals surface area contributed by atoms with Gasteiger partial charge in [0.25, 0.3) is 0 Å². The highest BCUT2D eigenvalue weighted by atomic mass is 127. The second-order valence-corrected chi connectivity index (χ2v) is 13.1. The molecule has 2 N–H and O–H groups in total. The van der Waals surface area contributed by atoms with Crippen molar-refractivity contribution in [2.45, 2.75) is 6.92 Å². The van der Waals surface area contributed by atoms with Crippen molar-refractivity contribution < 1.29 is 23.8 Å². The Balaban J connectivity index is 2.13. The van der Waals surface area contributed by atoms with Crippen LogP contribution in [0.3, 0.4) is 0 Å². The number of phenolic OH excluding ortho intramolecular Hbond substituents is 1. The van der Waals surface area contributed by atoms with Crippen LogP contribution in [0.15, 0.2) is 34.0 Å². The number of esters is 1. The molecule has 0 saturated heterocycles. The SMILES string of the molecule is C=CC(=O)NCCOC(=O)c1c(Cl)c(Cl)c(Cl)c(Cl)c1-c1c2cc(I)c(=O)c(I)c-2oc2c(I)c(O)c(C)cc12. The maximum Gasteiger partial charge on any atom is 0.340 e. The second-order valence-electron chi connectivity index (χ2n) is 8.22.